The normalized spacial score (nSPS) is 13.0. The van der Waals surface area contributed by atoms with Crippen LogP contribution < -0.4 is 0 Å². The van der Waals surface area contributed by atoms with Gasteiger partial charge in [-0.25, -0.2) is 0 Å². The number of hydrogen-bond donors (Lipinski definition) is 0. The molecule has 1 heterocycles. The standard InChI is InChI=1S/C7H7S2/c1-6(5-8)7-3-2-4-9-7/h2-4,6H,1H3. The summed E-state index contributed by atoms with van der Waals surface area (Å²) in [6, 6.07) is 4.11. The van der Waals surface area contributed by atoms with Crippen LogP contribution in [-0.2, 0) is 0 Å². The van der Waals surface area contributed by atoms with E-state index in [0.29, 0.717) is 5.92 Å². The maximum absolute atomic E-state index is 4.68. The summed E-state index contributed by atoms with van der Waals surface area (Å²) in [4.78, 5) is 1.30. The minimum Gasteiger partial charge on any atom is -0.148 e. The number of rotatable bonds is 2. The van der Waals surface area contributed by atoms with Crippen LogP contribution in [-0.4, -0.2) is 5.37 Å². The highest BCUT2D eigenvalue weighted by Gasteiger charge is 2.00. The fourth-order valence-electron chi connectivity index (χ4n) is 0.596. The van der Waals surface area contributed by atoms with Crippen LogP contribution in [0.2, 0.25) is 0 Å². The SMILES string of the molecule is CC([C]=S)c1cccs1. The molecule has 0 aliphatic heterocycles. The van der Waals surface area contributed by atoms with Crippen molar-refractivity contribution in [1.82, 2.24) is 0 Å². The highest BCUT2D eigenvalue weighted by molar-refractivity contribution is 7.79. The predicted molar refractivity (Wildman–Crippen MR) is 45.3 cm³/mol. The fourth-order valence-corrected chi connectivity index (χ4v) is 1.53. The molecule has 0 bridgehead atoms. The first-order valence-corrected chi connectivity index (χ1v) is 4.04. The zero-order valence-electron chi connectivity index (χ0n) is 5.13. The molecular weight excluding hydrogens is 148 g/mol. The van der Waals surface area contributed by atoms with Crippen molar-refractivity contribution in [2.24, 2.45) is 0 Å². The molecule has 1 aromatic heterocycles. The van der Waals surface area contributed by atoms with E-state index in [1.807, 2.05) is 6.07 Å². The Morgan fingerprint density at radius 2 is 2.56 bits per heavy atom. The van der Waals surface area contributed by atoms with Gasteiger partial charge in [0.05, 0.1) is 0 Å². The quantitative estimate of drug-likeness (QED) is 0.592. The van der Waals surface area contributed by atoms with Crippen molar-refractivity contribution < 1.29 is 0 Å². The van der Waals surface area contributed by atoms with E-state index in [-0.39, 0.29) is 0 Å². The van der Waals surface area contributed by atoms with Crippen LogP contribution in [0.1, 0.15) is 17.7 Å². The Balaban J connectivity index is 2.76. The molecule has 0 aliphatic rings. The van der Waals surface area contributed by atoms with E-state index in [2.05, 4.69) is 36.0 Å². The lowest BCUT2D eigenvalue weighted by Crippen LogP contribution is -1.86. The van der Waals surface area contributed by atoms with Gasteiger partial charge in [0.25, 0.3) is 0 Å². The summed E-state index contributed by atoms with van der Waals surface area (Å²) in [5, 5.41) is 4.82. The van der Waals surface area contributed by atoms with E-state index >= 15 is 0 Å². The molecule has 0 nitrogen and oxygen atoms in total. The predicted octanol–water partition coefficient (Wildman–Crippen LogP) is 2.73. The minimum absolute atomic E-state index is 0.319. The molecule has 2 heteroatoms. The monoisotopic (exact) mass is 155 g/mol. The highest BCUT2D eigenvalue weighted by atomic mass is 32.1. The first-order valence-electron chi connectivity index (χ1n) is 2.75. The van der Waals surface area contributed by atoms with Gasteiger partial charge in [0.1, 0.15) is 0 Å². The lowest BCUT2D eigenvalue weighted by molar-refractivity contribution is 1.10. The molecule has 0 spiro atoms. The van der Waals surface area contributed by atoms with E-state index in [0.717, 1.165) is 0 Å². The smallest absolute Gasteiger partial charge is 0.0378 e. The zero-order chi connectivity index (χ0) is 6.69. The molecule has 47 valence electrons. The van der Waals surface area contributed by atoms with Crippen LogP contribution in [0.25, 0.3) is 0 Å². The van der Waals surface area contributed by atoms with Gasteiger partial charge in [-0.1, -0.05) is 25.2 Å². The van der Waals surface area contributed by atoms with Gasteiger partial charge < -0.3 is 0 Å². The molecule has 9 heavy (non-hydrogen) atoms. The third-order valence-electron chi connectivity index (χ3n) is 1.15. The molecule has 0 saturated heterocycles. The number of thiocarbonyl (C=S) groups is 1. The maximum atomic E-state index is 4.68. The van der Waals surface area contributed by atoms with E-state index in [9.17, 15) is 0 Å². The van der Waals surface area contributed by atoms with Gasteiger partial charge >= 0.3 is 0 Å². The second-order valence-electron chi connectivity index (χ2n) is 1.85. The second-order valence-corrected chi connectivity index (χ2v) is 3.07. The Kier molecular flexibility index (Phi) is 2.37. The average Bonchev–Trinajstić information content (AvgIpc) is 2.37. The molecule has 0 saturated carbocycles. The van der Waals surface area contributed by atoms with Crippen molar-refractivity contribution in [3.05, 3.63) is 22.4 Å². The Morgan fingerprint density at radius 3 is 3.00 bits per heavy atom. The summed E-state index contributed by atoms with van der Waals surface area (Å²) in [6.45, 7) is 2.05. The van der Waals surface area contributed by atoms with Crippen molar-refractivity contribution in [3.8, 4) is 0 Å². The second kappa shape index (κ2) is 3.08. The van der Waals surface area contributed by atoms with Crippen molar-refractivity contribution in [2.75, 3.05) is 0 Å². The van der Waals surface area contributed by atoms with Gasteiger partial charge in [0, 0.05) is 16.2 Å². The lowest BCUT2D eigenvalue weighted by atomic mass is 10.2. The third kappa shape index (κ3) is 1.60. The van der Waals surface area contributed by atoms with Crippen LogP contribution in [0.4, 0.5) is 0 Å². The Morgan fingerprint density at radius 1 is 1.78 bits per heavy atom. The molecule has 1 aromatic rings. The van der Waals surface area contributed by atoms with Gasteiger partial charge in [0.15, 0.2) is 0 Å². The maximum Gasteiger partial charge on any atom is 0.0378 e. The van der Waals surface area contributed by atoms with Crippen molar-refractivity contribution in [1.29, 1.82) is 0 Å². The van der Waals surface area contributed by atoms with E-state index in [4.69, 9.17) is 0 Å². The first kappa shape index (κ1) is 6.90. The average molecular weight is 155 g/mol. The van der Waals surface area contributed by atoms with Gasteiger partial charge in [-0.15, -0.1) is 11.3 Å². The Hall–Kier alpha value is -0.210. The van der Waals surface area contributed by atoms with Crippen molar-refractivity contribution in [2.45, 2.75) is 12.8 Å². The Labute approximate surface area is 64.5 Å². The molecule has 1 radical (unpaired) electrons. The van der Waals surface area contributed by atoms with E-state index < -0.39 is 0 Å². The van der Waals surface area contributed by atoms with Gasteiger partial charge in [-0.2, -0.15) is 0 Å². The van der Waals surface area contributed by atoms with Crippen LogP contribution >= 0.6 is 23.6 Å². The summed E-state index contributed by atoms with van der Waals surface area (Å²) in [6.07, 6.45) is 0. The summed E-state index contributed by atoms with van der Waals surface area (Å²) in [5.41, 5.74) is 0. The molecule has 0 amide bonds. The van der Waals surface area contributed by atoms with Crippen LogP contribution in [0.5, 0.6) is 0 Å². The molecule has 1 unspecified atom stereocenters. The van der Waals surface area contributed by atoms with Gasteiger partial charge in [-0.05, 0) is 11.4 Å². The summed E-state index contributed by atoms with van der Waals surface area (Å²) < 4.78 is 0. The van der Waals surface area contributed by atoms with Gasteiger partial charge in [-0.3, -0.25) is 0 Å². The van der Waals surface area contributed by atoms with E-state index in [1.54, 1.807) is 11.3 Å². The highest BCUT2D eigenvalue weighted by Crippen LogP contribution is 2.18. The first-order chi connectivity index (χ1) is 4.34. The fraction of sp³-hybridized carbons (Fsp3) is 0.286. The van der Waals surface area contributed by atoms with Crippen LogP contribution in [0.3, 0.4) is 0 Å². The molecule has 1 rings (SSSR count). The minimum atomic E-state index is 0.319. The van der Waals surface area contributed by atoms with Gasteiger partial charge in [0.2, 0.25) is 0 Å². The topological polar surface area (TPSA) is 0 Å². The zero-order valence-corrected chi connectivity index (χ0v) is 6.76. The van der Waals surface area contributed by atoms with Crippen LogP contribution in [0.15, 0.2) is 17.5 Å². The van der Waals surface area contributed by atoms with E-state index in [1.165, 1.54) is 4.88 Å². The lowest BCUT2D eigenvalue weighted by Gasteiger charge is -1.95. The molecule has 0 fully saturated rings. The molecule has 0 aromatic carbocycles. The molecule has 0 N–H and O–H groups in total. The Bertz CT molecular complexity index is 177. The number of hydrogen-bond acceptors (Lipinski definition) is 2. The molecule has 1 atom stereocenters. The molecular formula is C7H7S2. The third-order valence-corrected chi connectivity index (χ3v) is 2.56. The summed E-state index contributed by atoms with van der Waals surface area (Å²) in [7, 11) is 0. The number of thiophene rings is 1. The largest absolute Gasteiger partial charge is 0.148 e. The van der Waals surface area contributed by atoms with Crippen molar-refractivity contribution >= 4 is 28.9 Å². The molecule has 0 aliphatic carbocycles. The summed E-state index contributed by atoms with van der Waals surface area (Å²) in [5.74, 6) is 0.319. The van der Waals surface area contributed by atoms with Crippen molar-refractivity contribution in [3.63, 3.8) is 0 Å². The summed E-state index contributed by atoms with van der Waals surface area (Å²) >= 11 is 6.41. The van der Waals surface area contributed by atoms with Crippen LogP contribution in [0, 0.1) is 0 Å².